The summed E-state index contributed by atoms with van der Waals surface area (Å²) < 4.78 is 0. The van der Waals surface area contributed by atoms with Gasteiger partial charge in [0, 0.05) is 11.6 Å². The Kier molecular flexibility index (Phi) is 4.03. The summed E-state index contributed by atoms with van der Waals surface area (Å²) in [5.41, 5.74) is 2.08. The Labute approximate surface area is 120 Å². The van der Waals surface area contributed by atoms with Gasteiger partial charge in [0.25, 0.3) is 5.69 Å². The zero-order valence-electron chi connectivity index (χ0n) is 10.7. The molecule has 1 aromatic carbocycles. The maximum Gasteiger partial charge on any atom is 0.287 e. The summed E-state index contributed by atoms with van der Waals surface area (Å²) in [4.78, 5) is 14.1. The van der Waals surface area contributed by atoms with E-state index in [2.05, 4.69) is 4.98 Å². The molecule has 6 nitrogen and oxygen atoms in total. The van der Waals surface area contributed by atoms with Crippen LogP contribution in [0.2, 0.25) is 0 Å². The largest absolute Gasteiger partial charge is 0.287 e. The van der Waals surface area contributed by atoms with Crippen LogP contribution in [0.3, 0.4) is 0 Å². The van der Waals surface area contributed by atoms with E-state index >= 15 is 0 Å². The van der Waals surface area contributed by atoms with Crippen molar-refractivity contribution in [2.75, 3.05) is 0 Å². The molecule has 0 aliphatic heterocycles. The van der Waals surface area contributed by atoms with E-state index < -0.39 is 4.92 Å². The molecule has 6 heteroatoms. The predicted molar refractivity (Wildman–Crippen MR) is 75.5 cm³/mol. The number of nitrogens with zero attached hydrogens (tertiary/aromatic N) is 4. The minimum absolute atomic E-state index is 0.0243. The van der Waals surface area contributed by atoms with Gasteiger partial charge in [0.2, 0.25) is 0 Å². The van der Waals surface area contributed by atoms with E-state index in [0.29, 0.717) is 5.69 Å². The van der Waals surface area contributed by atoms with E-state index in [9.17, 15) is 10.1 Å². The summed E-state index contributed by atoms with van der Waals surface area (Å²) in [6.07, 6.45) is 2.68. The zero-order valence-corrected chi connectivity index (χ0v) is 10.7. The van der Waals surface area contributed by atoms with Crippen LogP contribution < -0.4 is 0 Å². The third-order valence-electron chi connectivity index (χ3n) is 2.72. The van der Waals surface area contributed by atoms with Crippen molar-refractivity contribution in [3.05, 3.63) is 63.8 Å². The molecule has 0 amide bonds. The summed E-state index contributed by atoms with van der Waals surface area (Å²) in [5.74, 6) is 0. The molecule has 2 aromatic rings. The van der Waals surface area contributed by atoms with Crippen molar-refractivity contribution in [3.8, 4) is 23.4 Å². The second kappa shape index (κ2) is 6.09. The Balaban J connectivity index is 2.27. The lowest BCUT2D eigenvalue weighted by Gasteiger charge is -2.01. The standard InChI is InChI=1S/C15H8N4O2/c16-8-12(9-17)7-11-1-3-13(4-2-11)15-6-5-14(10-18-15)19(20)21/h1-7,10H. The van der Waals surface area contributed by atoms with Gasteiger partial charge in [-0.25, -0.2) is 4.98 Å². The van der Waals surface area contributed by atoms with Crippen molar-refractivity contribution < 1.29 is 4.92 Å². The minimum atomic E-state index is -0.504. The van der Waals surface area contributed by atoms with Crippen LogP contribution in [-0.4, -0.2) is 9.91 Å². The summed E-state index contributed by atoms with van der Waals surface area (Å²) in [5, 5.41) is 27.9. The van der Waals surface area contributed by atoms with Gasteiger partial charge < -0.3 is 0 Å². The quantitative estimate of drug-likeness (QED) is 0.486. The van der Waals surface area contributed by atoms with Gasteiger partial charge in [-0.1, -0.05) is 24.3 Å². The summed E-state index contributed by atoms with van der Waals surface area (Å²) in [6, 6.07) is 13.6. The molecule has 0 aliphatic rings. The van der Waals surface area contributed by atoms with Crippen LogP contribution in [0, 0.1) is 32.8 Å². The van der Waals surface area contributed by atoms with Crippen LogP contribution in [0.1, 0.15) is 5.56 Å². The van der Waals surface area contributed by atoms with Gasteiger partial charge in [0.1, 0.15) is 23.9 Å². The molecule has 0 spiro atoms. The maximum absolute atomic E-state index is 10.6. The van der Waals surface area contributed by atoms with E-state index in [0.717, 1.165) is 11.1 Å². The predicted octanol–water partition coefficient (Wildman–Crippen LogP) is 3.09. The van der Waals surface area contributed by atoms with E-state index in [1.54, 1.807) is 42.5 Å². The van der Waals surface area contributed by atoms with Crippen LogP contribution in [-0.2, 0) is 0 Å². The summed E-state index contributed by atoms with van der Waals surface area (Å²) in [6.45, 7) is 0. The molecular weight excluding hydrogens is 268 g/mol. The lowest BCUT2D eigenvalue weighted by molar-refractivity contribution is -0.385. The van der Waals surface area contributed by atoms with E-state index in [4.69, 9.17) is 10.5 Å². The Morgan fingerprint density at radius 2 is 1.81 bits per heavy atom. The molecular formula is C15H8N4O2. The molecule has 1 aromatic heterocycles. The molecule has 0 aliphatic carbocycles. The van der Waals surface area contributed by atoms with Crippen LogP contribution in [0.15, 0.2) is 48.2 Å². The van der Waals surface area contributed by atoms with Gasteiger partial charge in [-0.15, -0.1) is 0 Å². The van der Waals surface area contributed by atoms with Crippen molar-refractivity contribution in [1.82, 2.24) is 4.98 Å². The first-order valence-electron chi connectivity index (χ1n) is 5.87. The normalized spacial score (nSPS) is 9.24. The number of rotatable bonds is 3. The number of benzene rings is 1. The van der Waals surface area contributed by atoms with Gasteiger partial charge >= 0.3 is 0 Å². The van der Waals surface area contributed by atoms with E-state index in [-0.39, 0.29) is 11.3 Å². The van der Waals surface area contributed by atoms with Crippen molar-refractivity contribution in [2.24, 2.45) is 0 Å². The van der Waals surface area contributed by atoms with Gasteiger partial charge in [-0.3, -0.25) is 10.1 Å². The summed E-state index contributed by atoms with van der Waals surface area (Å²) in [7, 11) is 0. The van der Waals surface area contributed by atoms with Crippen molar-refractivity contribution in [3.63, 3.8) is 0 Å². The molecule has 0 saturated carbocycles. The molecule has 1 heterocycles. The second-order valence-electron chi connectivity index (χ2n) is 4.06. The van der Waals surface area contributed by atoms with Crippen molar-refractivity contribution in [2.45, 2.75) is 0 Å². The van der Waals surface area contributed by atoms with Crippen LogP contribution in [0.25, 0.3) is 17.3 Å². The zero-order chi connectivity index (χ0) is 15.2. The average molecular weight is 276 g/mol. The molecule has 0 atom stereocenters. The maximum atomic E-state index is 10.6. The van der Waals surface area contributed by atoms with Crippen LogP contribution in [0.4, 0.5) is 5.69 Å². The third-order valence-corrected chi connectivity index (χ3v) is 2.72. The number of allylic oxidation sites excluding steroid dienone is 1. The molecule has 0 saturated heterocycles. The fourth-order valence-corrected chi connectivity index (χ4v) is 1.67. The highest BCUT2D eigenvalue weighted by Crippen LogP contribution is 2.20. The number of nitriles is 2. The molecule has 21 heavy (non-hydrogen) atoms. The lowest BCUT2D eigenvalue weighted by Crippen LogP contribution is -1.90. The first kappa shape index (κ1) is 13.9. The van der Waals surface area contributed by atoms with E-state index in [1.807, 2.05) is 0 Å². The monoisotopic (exact) mass is 276 g/mol. The Hall–Kier alpha value is -3.51. The Bertz CT molecular complexity index is 762. The minimum Gasteiger partial charge on any atom is -0.258 e. The van der Waals surface area contributed by atoms with Gasteiger partial charge in [0.05, 0.1) is 10.6 Å². The highest BCUT2D eigenvalue weighted by Gasteiger charge is 2.06. The highest BCUT2D eigenvalue weighted by atomic mass is 16.6. The fourth-order valence-electron chi connectivity index (χ4n) is 1.67. The molecule has 0 N–H and O–H groups in total. The Morgan fingerprint density at radius 3 is 2.29 bits per heavy atom. The molecule has 2 rings (SSSR count). The molecule has 0 fully saturated rings. The first-order chi connectivity index (χ1) is 10.1. The lowest BCUT2D eigenvalue weighted by atomic mass is 10.1. The number of pyridine rings is 1. The van der Waals surface area contributed by atoms with Gasteiger partial charge in [-0.2, -0.15) is 10.5 Å². The van der Waals surface area contributed by atoms with Crippen molar-refractivity contribution in [1.29, 1.82) is 10.5 Å². The van der Waals surface area contributed by atoms with Gasteiger partial charge in [-0.05, 0) is 17.7 Å². The van der Waals surface area contributed by atoms with E-state index in [1.165, 1.54) is 18.3 Å². The summed E-state index contributed by atoms with van der Waals surface area (Å²) >= 11 is 0. The average Bonchev–Trinajstić information content (AvgIpc) is 2.53. The number of aromatic nitrogens is 1. The van der Waals surface area contributed by atoms with Crippen LogP contribution in [0.5, 0.6) is 0 Å². The second-order valence-corrected chi connectivity index (χ2v) is 4.06. The molecule has 100 valence electrons. The molecule has 0 bridgehead atoms. The molecule has 0 radical (unpaired) electrons. The molecule has 0 unspecified atom stereocenters. The fraction of sp³-hybridized carbons (Fsp3) is 0. The first-order valence-corrected chi connectivity index (χ1v) is 5.87. The smallest absolute Gasteiger partial charge is 0.258 e. The van der Waals surface area contributed by atoms with Crippen molar-refractivity contribution >= 4 is 11.8 Å². The highest BCUT2D eigenvalue weighted by molar-refractivity contribution is 5.66. The van der Waals surface area contributed by atoms with Crippen LogP contribution >= 0.6 is 0 Å². The van der Waals surface area contributed by atoms with Gasteiger partial charge in [0.15, 0.2) is 0 Å². The number of hydrogen-bond acceptors (Lipinski definition) is 5. The number of hydrogen-bond donors (Lipinski definition) is 0. The third kappa shape index (κ3) is 3.28. The SMILES string of the molecule is N#CC(C#N)=Cc1ccc(-c2ccc([N+](=O)[O-])cn2)cc1. The number of nitro groups is 1. The topological polar surface area (TPSA) is 104 Å². The Morgan fingerprint density at radius 1 is 1.14 bits per heavy atom.